The second kappa shape index (κ2) is 6.91. The smallest absolute Gasteiger partial charge is 0.242 e. The Morgan fingerprint density at radius 2 is 1.71 bits per heavy atom. The maximum absolute atomic E-state index is 12.0. The molecule has 1 saturated heterocycles. The third-order valence-electron chi connectivity index (χ3n) is 3.40. The quantitative estimate of drug-likeness (QED) is 0.806. The van der Waals surface area contributed by atoms with Gasteiger partial charge in [0.25, 0.3) is 0 Å². The van der Waals surface area contributed by atoms with E-state index in [0.717, 1.165) is 11.1 Å². The van der Waals surface area contributed by atoms with Crippen molar-refractivity contribution in [2.75, 3.05) is 26.2 Å². The van der Waals surface area contributed by atoms with E-state index in [-0.39, 0.29) is 24.9 Å². The van der Waals surface area contributed by atoms with Gasteiger partial charge in [-0.1, -0.05) is 24.0 Å². The van der Waals surface area contributed by atoms with E-state index in [4.69, 9.17) is 5.73 Å². The largest absolute Gasteiger partial charge is 0.332 e. The van der Waals surface area contributed by atoms with Gasteiger partial charge < -0.3 is 15.5 Å². The third-order valence-corrected chi connectivity index (χ3v) is 3.40. The van der Waals surface area contributed by atoms with Crippen LogP contribution in [-0.2, 0) is 16.1 Å². The van der Waals surface area contributed by atoms with Crippen LogP contribution in [0.1, 0.15) is 18.1 Å². The Morgan fingerprint density at radius 3 is 2.33 bits per heavy atom. The van der Waals surface area contributed by atoms with E-state index < -0.39 is 0 Å². The predicted molar refractivity (Wildman–Crippen MR) is 80.0 cm³/mol. The summed E-state index contributed by atoms with van der Waals surface area (Å²) in [6.45, 7) is 3.57. The molecule has 2 rings (SSSR count). The van der Waals surface area contributed by atoms with Gasteiger partial charge in [0, 0.05) is 18.7 Å². The summed E-state index contributed by atoms with van der Waals surface area (Å²) in [5.41, 5.74) is 7.20. The average Bonchev–Trinajstić information content (AvgIpc) is 2.50. The Kier molecular flexibility index (Phi) is 4.96. The van der Waals surface area contributed by atoms with E-state index in [0.29, 0.717) is 19.6 Å². The molecule has 0 aliphatic carbocycles. The first-order valence-electron chi connectivity index (χ1n) is 6.97. The van der Waals surface area contributed by atoms with E-state index in [2.05, 4.69) is 11.8 Å². The van der Waals surface area contributed by atoms with Crippen LogP contribution in [0.2, 0.25) is 0 Å². The molecule has 2 amide bonds. The summed E-state index contributed by atoms with van der Waals surface area (Å²) in [6, 6.07) is 7.63. The van der Waals surface area contributed by atoms with E-state index in [1.165, 1.54) is 0 Å². The molecule has 0 spiro atoms. The lowest BCUT2D eigenvalue weighted by atomic mass is 10.1. The van der Waals surface area contributed by atoms with Crippen LogP contribution in [0.4, 0.5) is 0 Å². The summed E-state index contributed by atoms with van der Waals surface area (Å²) in [7, 11) is 0. The molecule has 1 heterocycles. The number of piperazine rings is 1. The molecule has 1 fully saturated rings. The second-order valence-corrected chi connectivity index (χ2v) is 4.86. The molecule has 1 aromatic carbocycles. The van der Waals surface area contributed by atoms with E-state index >= 15 is 0 Å². The van der Waals surface area contributed by atoms with Gasteiger partial charge in [0.2, 0.25) is 11.8 Å². The van der Waals surface area contributed by atoms with Gasteiger partial charge in [-0.05, 0) is 24.6 Å². The van der Waals surface area contributed by atoms with Gasteiger partial charge in [-0.15, -0.1) is 0 Å². The highest BCUT2D eigenvalue weighted by atomic mass is 16.2. The summed E-state index contributed by atoms with van der Waals surface area (Å²) in [6.07, 6.45) is 0. The Labute approximate surface area is 124 Å². The number of carbonyl (C=O) groups is 2. The van der Waals surface area contributed by atoms with E-state index in [1.54, 1.807) is 9.80 Å². The topological polar surface area (TPSA) is 66.6 Å². The summed E-state index contributed by atoms with van der Waals surface area (Å²) in [5, 5.41) is 0. The van der Waals surface area contributed by atoms with Crippen LogP contribution in [0.5, 0.6) is 0 Å². The highest BCUT2D eigenvalue weighted by Crippen LogP contribution is 2.11. The van der Waals surface area contributed by atoms with Gasteiger partial charge in [0.05, 0.1) is 13.1 Å². The summed E-state index contributed by atoms with van der Waals surface area (Å²) in [4.78, 5) is 27.0. The normalized spacial score (nSPS) is 15.0. The number of likely N-dealkylation sites (N-methyl/N-ethyl adjacent to an activating group) is 1. The zero-order valence-corrected chi connectivity index (χ0v) is 12.1. The van der Waals surface area contributed by atoms with Crippen LogP contribution in [-0.4, -0.2) is 47.8 Å². The van der Waals surface area contributed by atoms with Gasteiger partial charge in [-0.25, -0.2) is 0 Å². The number of rotatable bonds is 3. The summed E-state index contributed by atoms with van der Waals surface area (Å²) < 4.78 is 0. The van der Waals surface area contributed by atoms with E-state index in [9.17, 15) is 9.59 Å². The molecule has 0 bridgehead atoms. The zero-order chi connectivity index (χ0) is 15.2. The van der Waals surface area contributed by atoms with E-state index in [1.807, 2.05) is 31.2 Å². The minimum absolute atomic E-state index is 0.00235. The number of amides is 2. The standard InChI is InChI=1S/C16H19N3O2/c1-2-18-11-16(21)19(12-15(18)20)10-14-7-5-13(6-8-14)4-3-9-17/h5-8H,2,9-12,17H2,1H3. The molecular weight excluding hydrogens is 266 g/mol. The van der Waals surface area contributed by atoms with Crippen molar-refractivity contribution < 1.29 is 9.59 Å². The van der Waals surface area contributed by atoms with Crippen molar-refractivity contribution in [3.8, 4) is 11.8 Å². The van der Waals surface area contributed by atoms with Crippen LogP contribution < -0.4 is 5.73 Å². The predicted octanol–water partition coefficient (Wildman–Crippen LogP) is 0.187. The maximum Gasteiger partial charge on any atom is 0.242 e. The lowest BCUT2D eigenvalue weighted by Crippen LogP contribution is -2.53. The number of hydrogen-bond acceptors (Lipinski definition) is 3. The summed E-state index contributed by atoms with van der Waals surface area (Å²) in [5.74, 6) is 5.73. The Morgan fingerprint density at radius 1 is 1.10 bits per heavy atom. The van der Waals surface area contributed by atoms with Crippen molar-refractivity contribution in [1.29, 1.82) is 0 Å². The maximum atomic E-state index is 12.0. The fraction of sp³-hybridized carbons (Fsp3) is 0.375. The first kappa shape index (κ1) is 15.1. The van der Waals surface area contributed by atoms with Crippen molar-refractivity contribution >= 4 is 11.8 Å². The highest BCUT2D eigenvalue weighted by Gasteiger charge is 2.28. The van der Waals surface area contributed by atoms with Crippen LogP contribution in [0.3, 0.4) is 0 Å². The molecule has 5 heteroatoms. The van der Waals surface area contributed by atoms with Crippen molar-refractivity contribution in [2.45, 2.75) is 13.5 Å². The summed E-state index contributed by atoms with van der Waals surface area (Å²) >= 11 is 0. The van der Waals surface area contributed by atoms with Crippen LogP contribution in [0.25, 0.3) is 0 Å². The number of nitrogens with zero attached hydrogens (tertiary/aromatic N) is 2. The monoisotopic (exact) mass is 285 g/mol. The lowest BCUT2D eigenvalue weighted by Gasteiger charge is -2.33. The molecule has 5 nitrogen and oxygen atoms in total. The van der Waals surface area contributed by atoms with Gasteiger partial charge in [0.15, 0.2) is 0 Å². The molecule has 1 aliphatic rings. The Bertz CT molecular complexity index is 584. The second-order valence-electron chi connectivity index (χ2n) is 4.86. The molecule has 21 heavy (non-hydrogen) atoms. The first-order chi connectivity index (χ1) is 10.1. The van der Waals surface area contributed by atoms with Gasteiger partial charge in [0.1, 0.15) is 6.54 Å². The minimum atomic E-state index is -0.0107. The molecule has 1 aromatic rings. The SMILES string of the molecule is CCN1CC(=O)N(Cc2ccc(C#CCN)cc2)CC1=O. The van der Waals surface area contributed by atoms with Gasteiger partial charge in [-0.2, -0.15) is 0 Å². The van der Waals surface area contributed by atoms with Crippen molar-refractivity contribution in [3.63, 3.8) is 0 Å². The number of nitrogens with two attached hydrogens (primary N) is 1. The lowest BCUT2D eigenvalue weighted by molar-refractivity contribution is -0.150. The molecule has 0 atom stereocenters. The van der Waals surface area contributed by atoms with Gasteiger partial charge >= 0.3 is 0 Å². The molecule has 1 aliphatic heterocycles. The van der Waals surface area contributed by atoms with Crippen LogP contribution in [0.15, 0.2) is 24.3 Å². The average molecular weight is 285 g/mol. The minimum Gasteiger partial charge on any atom is -0.332 e. The third kappa shape index (κ3) is 3.83. The molecule has 110 valence electrons. The van der Waals surface area contributed by atoms with Crippen molar-refractivity contribution in [3.05, 3.63) is 35.4 Å². The number of hydrogen-bond donors (Lipinski definition) is 1. The van der Waals surface area contributed by atoms with Crippen molar-refractivity contribution in [2.24, 2.45) is 5.73 Å². The molecule has 0 aromatic heterocycles. The molecule has 2 N–H and O–H groups in total. The molecule has 0 unspecified atom stereocenters. The number of benzene rings is 1. The fourth-order valence-corrected chi connectivity index (χ4v) is 2.20. The fourth-order valence-electron chi connectivity index (χ4n) is 2.20. The van der Waals surface area contributed by atoms with Crippen LogP contribution >= 0.6 is 0 Å². The number of carbonyl (C=O) groups excluding carboxylic acids is 2. The molecular formula is C16H19N3O2. The van der Waals surface area contributed by atoms with Crippen LogP contribution in [0, 0.1) is 11.8 Å². The highest BCUT2D eigenvalue weighted by molar-refractivity contribution is 5.92. The molecule has 0 saturated carbocycles. The molecule has 0 radical (unpaired) electrons. The van der Waals surface area contributed by atoms with Crippen molar-refractivity contribution in [1.82, 2.24) is 9.80 Å². The first-order valence-corrected chi connectivity index (χ1v) is 6.97. The Balaban J connectivity index is 2.01. The zero-order valence-electron chi connectivity index (χ0n) is 12.1. The van der Waals surface area contributed by atoms with Gasteiger partial charge in [-0.3, -0.25) is 9.59 Å². The Hall–Kier alpha value is -2.32.